The van der Waals surface area contributed by atoms with Crippen LogP contribution < -0.4 is 0 Å². The van der Waals surface area contributed by atoms with Crippen molar-refractivity contribution < 1.29 is 14.7 Å². The van der Waals surface area contributed by atoms with Gasteiger partial charge in [0.15, 0.2) is 0 Å². The molecule has 1 aromatic heterocycles. The van der Waals surface area contributed by atoms with E-state index in [1.807, 2.05) is 24.3 Å². The summed E-state index contributed by atoms with van der Waals surface area (Å²) in [4.78, 5) is 25.0. The number of rotatable bonds is 1. The molecule has 0 radical (unpaired) electrons. The maximum atomic E-state index is 9.00. The topological polar surface area (TPSA) is 83.0 Å². The lowest BCUT2D eigenvalue weighted by atomic mass is 10.3. The van der Waals surface area contributed by atoms with Crippen LogP contribution in [0.2, 0.25) is 0 Å². The lowest BCUT2D eigenvalue weighted by molar-refractivity contribution is -0.143. The van der Waals surface area contributed by atoms with Crippen molar-refractivity contribution >= 4 is 23.3 Å². The van der Waals surface area contributed by atoms with Crippen LogP contribution in [0.1, 0.15) is 0 Å². The van der Waals surface area contributed by atoms with E-state index in [2.05, 4.69) is 9.97 Å². The molecule has 0 fully saturated rings. The molecule has 0 amide bonds. The standard InChI is InChI=1S/C7H6N2.C2H2O3/c1-2-4-7-6(3-1)8-5-9-7;3-1-2(4)5/h1-5H,(H,8,9);1H,(H,4,5). The molecular formula is C9H8N2O3. The van der Waals surface area contributed by atoms with Gasteiger partial charge in [-0.05, 0) is 12.1 Å². The molecule has 0 aliphatic rings. The summed E-state index contributed by atoms with van der Waals surface area (Å²) in [7, 11) is 0. The van der Waals surface area contributed by atoms with Gasteiger partial charge in [-0.25, -0.2) is 9.78 Å². The van der Waals surface area contributed by atoms with Crippen LogP contribution in [-0.2, 0) is 9.59 Å². The number of carbonyl (C=O) groups is 2. The molecule has 0 unspecified atom stereocenters. The van der Waals surface area contributed by atoms with Gasteiger partial charge < -0.3 is 10.1 Å². The van der Waals surface area contributed by atoms with Crippen LogP contribution in [0.5, 0.6) is 0 Å². The maximum Gasteiger partial charge on any atom is 0.368 e. The van der Waals surface area contributed by atoms with E-state index < -0.39 is 5.97 Å². The number of hydrogen-bond acceptors (Lipinski definition) is 3. The van der Waals surface area contributed by atoms with Crippen molar-refractivity contribution in [2.75, 3.05) is 0 Å². The van der Waals surface area contributed by atoms with Crippen molar-refractivity contribution in [2.24, 2.45) is 0 Å². The second kappa shape index (κ2) is 4.76. The van der Waals surface area contributed by atoms with Gasteiger partial charge in [0.25, 0.3) is 0 Å². The molecule has 0 atom stereocenters. The molecule has 1 heterocycles. The molecular weight excluding hydrogens is 184 g/mol. The Labute approximate surface area is 79.4 Å². The Morgan fingerprint density at radius 2 is 2.07 bits per heavy atom. The SMILES string of the molecule is O=CC(=O)O.c1ccc2[nH]cnc2c1. The third kappa shape index (κ3) is 2.71. The van der Waals surface area contributed by atoms with Gasteiger partial charge in [0.2, 0.25) is 6.29 Å². The summed E-state index contributed by atoms with van der Waals surface area (Å²) in [5, 5.41) is 7.35. The third-order valence-corrected chi connectivity index (χ3v) is 1.43. The van der Waals surface area contributed by atoms with Gasteiger partial charge in [0.1, 0.15) is 0 Å². The average Bonchev–Trinajstić information content (AvgIpc) is 2.66. The largest absolute Gasteiger partial charge is 0.476 e. The first-order chi connectivity index (χ1) is 6.74. The molecule has 0 saturated heterocycles. The number of aldehydes is 1. The Hall–Kier alpha value is -2.17. The molecule has 2 rings (SSSR count). The minimum atomic E-state index is -1.43. The van der Waals surface area contributed by atoms with Crippen molar-refractivity contribution in [3.8, 4) is 0 Å². The average molecular weight is 192 g/mol. The number of aliphatic carboxylic acids is 1. The summed E-state index contributed by atoms with van der Waals surface area (Å²) in [5.74, 6) is -1.43. The number of para-hydroxylation sites is 2. The lowest BCUT2D eigenvalue weighted by Crippen LogP contribution is -1.91. The number of aromatic nitrogens is 2. The van der Waals surface area contributed by atoms with Gasteiger partial charge in [-0.15, -0.1) is 0 Å². The Bertz CT molecular complexity index is 406. The predicted octanol–water partition coefficient (Wildman–Crippen LogP) is 0.833. The first-order valence-electron chi connectivity index (χ1n) is 3.80. The maximum absolute atomic E-state index is 9.00. The molecule has 0 spiro atoms. The molecule has 5 nitrogen and oxygen atoms in total. The zero-order valence-electron chi connectivity index (χ0n) is 7.18. The number of hydrogen-bond donors (Lipinski definition) is 2. The molecule has 0 saturated carbocycles. The summed E-state index contributed by atoms with van der Waals surface area (Å²) < 4.78 is 0. The highest BCUT2D eigenvalue weighted by atomic mass is 16.4. The first kappa shape index (κ1) is 9.91. The van der Waals surface area contributed by atoms with Gasteiger partial charge in [-0.2, -0.15) is 0 Å². The number of nitrogens with zero attached hydrogens (tertiary/aromatic N) is 1. The van der Waals surface area contributed by atoms with Gasteiger partial charge in [-0.3, -0.25) is 4.79 Å². The van der Waals surface area contributed by atoms with E-state index in [0.29, 0.717) is 0 Å². The zero-order chi connectivity index (χ0) is 10.4. The van der Waals surface area contributed by atoms with Crippen LogP contribution in [-0.4, -0.2) is 27.3 Å². The molecule has 5 heteroatoms. The van der Waals surface area contributed by atoms with Crippen LogP contribution in [0.15, 0.2) is 30.6 Å². The van der Waals surface area contributed by atoms with E-state index in [-0.39, 0.29) is 6.29 Å². The summed E-state index contributed by atoms with van der Waals surface area (Å²) in [6.45, 7) is 0. The van der Waals surface area contributed by atoms with Crippen LogP contribution in [0, 0.1) is 0 Å². The van der Waals surface area contributed by atoms with E-state index in [1.54, 1.807) is 6.33 Å². The second-order valence-electron chi connectivity index (χ2n) is 2.38. The third-order valence-electron chi connectivity index (χ3n) is 1.43. The van der Waals surface area contributed by atoms with Crippen LogP contribution in [0.4, 0.5) is 0 Å². The Morgan fingerprint density at radius 1 is 1.43 bits per heavy atom. The van der Waals surface area contributed by atoms with E-state index in [1.165, 1.54) is 0 Å². The number of imidazole rings is 1. The molecule has 0 aliphatic heterocycles. The lowest BCUT2D eigenvalue weighted by Gasteiger charge is -1.81. The van der Waals surface area contributed by atoms with Crippen molar-refractivity contribution in [1.29, 1.82) is 0 Å². The fourth-order valence-electron chi connectivity index (χ4n) is 0.880. The molecule has 72 valence electrons. The number of benzene rings is 1. The summed E-state index contributed by atoms with van der Waals surface area (Å²) in [6.07, 6.45) is 1.53. The molecule has 2 aromatic rings. The second-order valence-corrected chi connectivity index (χ2v) is 2.38. The number of carbonyl (C=O) groups excluding carboxylic acids is 1. The number of carboxylic acid groups (broad SMARTS) is 1. The number of carboxylic acids is 1. The number of H-pyrrole nitrogens is 1. The van der Waals surface area contributed by atoms with E-state index in [4.69, 9.17) is 14.7 Å². The normalized spacial score (nSPS) is 8.86. The summed E-state index contributed by atoms with van der Waals surface area (Å²) >= 11 is 0. The van der Waals surface area contributed by atoms with E-state index in [0.717, 1.165) is 11.0 Å². The highest BCUT2D eigenvalue weighted by Gasteiger charge is 1.88. The van der Waals surface area contributed by atoms with Gasteiger partial charge in [-0.1, -0.05) is 12.1 Å². The van der Waals surface area contributed by atoms with E-state index >= 15 is 0 Å². The molecule has 2 N–H and O–H groups in total. The first-order valence-corrected chi connectivity index (χ1v) is 3.80. The van der Waals surface area contributed by atoms with Crippen molar-refractivity contribution in [3.63, 3.8) is 0 Å². The Morgan fingerprint density at radius 3 is 2.64 bits per heavy atom. The number of aromatic amines is 1. The number of nitrogens with one attached hydrogen (secondary N) is 1. The van der Waals surface area contributed by atoms with Crippen LogP contribution in [0.3, 0.4) is 0 Å². The minimum absolute atomic E-state index is 0.167. The van der Waals surface area contributed by atoms with Crippen molar-refractivity contribution in [3.05, 3.63) is 30.6 Å². The van der Waals surface area contributed by atoms with Crippen LogP contribution in [0.25, 0.3) is 11.0 Å². The van der Waals surface area contributed by atoms with Crippen molar-refractivity contribution in [2.45, 2.75) is 0 Å². The van der Waals surface area contributed by atoms with E-state index in [9.17, 15) is 0 Å². The van der Waals surface area contributed by atoms with Crippen LogP contribution >= 0.6 is 0 Å². The van der Waals surface area contributed by atoms with Gasteiger partial charge in [0, 0.05) is 0 Å². The van der Waals surface area contributed by atoms with Gasteiger partial charge >= 0.3 is 5.97 Å². The minimum Gasteiger partial charge on any atom is -0.476 e. The molecule has 0 aliphatic carbocycles. The summed E-state index contributed by atoms with van der Waals surface area (Å²) in [6, 6.07) is 7.94. The molecule has 14 heavy (non-hydrogen) atoms. The summed E-state index contributed by atoms with van der Waals surface area (Å²) in [5.41, 5.74) is 2.12. The quantitative estimate of drug-likeness (QED) is 0.518. The monoisotopic (exact) mass is 192 g/mol. The molecule has 0 bridgehead atoms. The zero-order valence-corrected chi connectivity index (χ0v) is 7.18. The fraction of sp³-hybridized carbons (Fsp3) is 0. The highest BCUT2D eigenvalue weighted by molar-refractivity contribution is 6.19. The fourth-order valence-corrected chi connectivity index (χ4v) is 0.880. The number of fused-ring (bicyclic) bond motifs is 1. The molecule has 1 aromatic carbocycles. The van der Waals surface area contributed by atoms with Crippen molar-refractivity contribution in [1.82, 2.24) is 9.97 Å². The smallest absolute Gasteiger partial charge is 0.368 e. The highest BCUT2D eigenvalue weighted by Crippen LogP contribution is 2.05. The Kier molecular flexibility index (Phi) is 3.37. The Balaban J connectivity index is 0.000000171. The van der Waals surface area contributed by atoms with Gasteiger partial charge in [0.05, 0.1) is 17.4 Å². The predicted molar refractivity (Wildman–Crippen MR) is 49.8 cm³/mol.